The maximum absolute atomic E-state index is 9.82. The number of rotatable bonds is 5. The lowest BCUT2D eigenvalue weighted by Gasteiger charge is -2.16. The van der Waals surface area contributed by atoms with E-state index >= 15 is 0 Å². The molecule has 0 aliphatic carbocycles. The summed E-state index contributed by atoms with van der Waals surface area (Å²) in [5.74, 6) is 1.99. The molecule has 7 heteroatoms. The summed E-state index contributed by atoms with van der Waals surface area (Å²) >= 11 is 6.21. The minimum Gasteiger partial charge on any atom is -0.390 e. The van der Waals surface area contributed by atoms with Crippen molar-refractivity contribution in [3.63, 3.8) is 0 Å². The summed E-state index contributed by atoms with van der Waals surface area (Å²) in [6.07, 6.45) is 0.384. The quantitative estimate of drug-likeness (QED) is 0.761. The number of nitrogens with one attached hydrogen (secondary N) is 2. The molecule has 1 fully saturated rings. The third-order valence-electron chi connectivity index (χ3n) is 4.26. The minimum absolute atomic E-state index is 0.339. The number of nitrogens with zero attached hydrogens (tertiary/aromatic N) is 2. The van der Waals surface area contributed by atoms with Crippen LogP contribution in [0.25, 0.3) is 5.57 Å². The Morgan fingerprint density at radius 2 is 2.28 bits per heavy atom. The largest absolute Gasteiger partial charge is 0.390 e. The van der Waals surface area contributed by atoms with Crippen LogP contribution in [-0.2, 0) is 6.54 Å². The van der Waals surface area contributed by atoms with Crippen molar-refractivity contribution in [1.29, 1.82) is 0 Å². The van der Waals surface area contributed by atoms with Gasteiger partial charge in [-0.3, -0.25) is 4.90 Å². The number of anilines is 3. The molecule has 6 nitrogen and oxygen atoms in total. The Labute approximate surface area is 152 Å². The van der Waals surface area contributed by atoms with Crippen molar-refractivity contribution in [3.8, 4) is 0 Å². The van der Waals surface area contributed by atoms with Crippen LogP contribution in [0, 0.1) is 0 Å². The molecule has 1 aliphatic rings. The van der Waals surface area contributed by atoms with Crippen molar-refractivity contribution in [2.24, 2.45) is 0 Å². The summed E-state index contributed by atoms with van der Waals surface area (Å²) in [5, 5.41) is 13.8. The second kappa shape index (κ2) is 7.29. The molecule has 1 aromatic carbocycles. The summed E-state index contributed by atoms with van der Waals surface area (Å²) in [7, 11) is 0. The number of allylic oxidation sites excluding steroid dienone is 1. The zero-order chi connectivity index (χ0) is 18.0. The van der Waals surface area contributed by atoms with Gasteiger partial charge in [-0.25, -0.2) is 4.98 Å². The number of benzene rings is 1. The number of β-amino-alcohol motifs (C(OH)–C–C–N with tert-alkyl or cyclic N) is 1. The normalized spacial score (nSPS) is 16.9. The Kier molecular flexibility index (Phi) is 5.11. The molecule has 1 aliphatic heterocycles. The van der Waals surface area contributed by atoms with Gasteiger partial charge in [-0.1, -0.05) is 41.4 Å². The summed E-state index contributed by atoms with van der Waals surface area (Å²) in [6, 6.07) is 7.64. The van der Waals surface area contributed by atoms with Gasteiger partial charge in [0.2, 0.25) is 5.82 Å². The first-order valence-corrected chi connectivity index (χ1v) is 8.62. The highest BCUT2D eigenvalue weighted by atomic mass is 35.5. The first kappa shape index (κ1) is 17.5. The van der Waals surface area contributed by atoms with Crippen molar-refractivity contribution in [1.82, 2.24) is 4.98 Å². The highest BCUT2D eigenvalue weighted by Crippen LogP contribution is 2.29. The van der Waals surface area contributed by atoms with Gasteiger partial charge >= 0.3 is 0 Å². The van der Waals surface area contributed by atoms with Crippen molar-refractivity contribution in [2.45, 2.75) is 26.0 Å². The summed E-state index contributed by atoms with van der Waals surface area (Å²) in [5.41, 5.74) is 8.63. The number of nitrogen functional groups attached to an aromatic ring is 1. The summed E-state index contributed by atoms with van der Waals surface area (Å²) in [6.45, 7) is 7.64. The van der Waals surface area contributed by atoms with E-state index in [1.165, 1.54) is 0 Å². The van der Waals surface area contributed by atoms with Gasteiger partial charge in [0, 0.05) is 23.6 Å². The van der Waals surface area contributed by atoms with Crippen molar-refractivity contribution in [3.05, 3.63) is 47.3 Å². The number of halogens is 1. The number of H-pyrrole nitrogens is 1. The molecule has 2 aromatic rings. The van der Waals surface area contributed by atoms with E-state index in [1.807, 2.05) is 36.1 Å². The minimum atomic E-state index is -0.339. The van der Waals surface area contributed by atoms with E-state index < -0.39 is 0 Å². The molecule has 1 aromatic heterocycles. The zero-order valence-electron chi connectivity index (χ0n) is 14.2. The highest BCUT2D eigenvalue weighted by molar-refractivity contribution is 6.31. The lowest BCUT2D eigenvalue weighted by atomic mass is 10.2. The molecule has 25 heavy (non-hydrogen) atoms. The molecule has 3 rings (SSSR count). The van der Waals surface area contributed by atoms with Gasteiger partial charge in [-0.15, -0.1) is 0 Å². The average Bonchev–Trinajstić information content (AvgIpc) is 3.01. The van der Waals surface area contributed by atoms with E-state index in [4.69, 9.17) is 17.3 Å². The van der Waals surface area contributed by atoms with Crippen LogP contribution in [0.1, 0.15) is 24.7 Å². The molecule has 5 N–H and O–H groups in total. The van der Waals surface area contributed by atoms with Crippen molar-refractivity contribution in [2.75, 3.05) is 29.0 Å². The number of aromatic nitrogens is 2. The van der Waals surface area contributed by atoms with Crippen LogP contribution in [-0.4, -0.2) is 29.3 Å². The first-order chi connectivity index (χ1) is 12.0. The van der Waals surface area contributed by atoms with E-state index in [-0.39, 0.29) is 6.10 Å². The number of aliphatic hydroxyl groups excluding tert-OH is 1. The van der Waals surface area contributed by atoms with Gasteiger partial charge in [-0.2, -0.15) is 0 Å². The fourth-order valence-corrected chi connectivity index (χ4v) is 3.05. The first-order valence-electron chi connectivity index (χ1n) is 8.24. The predicted octanol–water partition coefficient (Wildman–Crippen LogP) is 2.35. The average molecular weight is 361 g/mol. The molecule has 2 heterocycles. The molecule has 1 atom stereocenters. The molecule has 132 valence electrons. The van der Waals surface area contributed by atoms with E-state index in [2.05, 4.69) is 21.9 Å². The number of aliphatic hydroxyl groups is 1. The van der Waals surface area contributed by atoms with Crippen LogP contribution >= 0.6 is 11.6 Å². The Bertz CT molecular complexity index is 795. The van der Waals surface area contributed by atoms with Crippen LogP contribution in [0.4, 0.5) is 17.3 Å². The van der Waals surface area contributed by atoms with E-state index in [1.54, 1.807) is 0 Å². The predicted molar refractivity (Wildman–Crippen MR) is 102 cm³/mol. The van der Waals surface area contributed by atoms with Gasteiger partial charge in [0.25, 0.3) is 11.6 Å². The standard InChI is InChI=1S/C18H22ClN5O/c1-11(2)16-22-17(21-9-12-5-3-4-6-14(12)19)15(20)18(23-16)24-8-7-13(25)10-24/h3-6,13,25H,1,7-10,20H2,2H3,(H,21,22,23)/p+1. The van der Waals surface area contributed by atoms with E-state index in [0.717, 1.165) is 29.9 Å². The van der Waals surface area contributed by atoms with Crippen LogP contribution in [0.3, 0.4) is 0 Å². The van der Waals surface area contributed by atoms with Crippen molar-refractivity contribution < 1.29 is 10.1 Å². The zero-order valence-corrected chi connectivity index (χ0v) is 15.0. The third kappa shape index (κ3) is 3.86. The van der Waals surface area contributed by atoms with Crippen LogP contribution < -0.4 is 20.9 Å². The van der Waals surface area contributed by atoms with Gasteiger partial charge in [0.05, 0.1) is 19.2 Å². The lowest BCUT2D eigenvalue weighted by Crippen LogP contribution is -2.32. The Balaban J connectivity index is 1.91. The lowest BCUT2D eigenvalue weighted by molar-refractivity contribution is -0.371. The fourth-order valence-electron chi connectivity index (χ4n) is 2.84. The molecule has 1 unspecified atom stereocenters. The van der Waals surface area contributed by atoms with Crippen LogP contribution in [0.15, 0.2) is 30.8 Å². The van der Waals surface area contributed by atoms with Gasteiger partial charge < -0.3 is 16.2 Å². The Morgan fingerprint density at radius 1 is 1.52 bits per heavy atom. The molecule has 0 spiro atoms. The smallest absolute Gasteiger partial charge is 0.265 e. The SMILES string of the molecule is C=C(C)c1nc(NCc2ccccc2Cl)c(N)c(N2CCC(O)C2)[nH+]1. The second-order valence-electron chi connectivity index (χ2n) is 6.31. The number of hydrogen-bond donors (Lipinski definition) is 3. The molecule has 0 radical (unpaired) electrons. The summed E-state index contributed by atoms with van der Waals surface area (Å²) < 4.78 is 0. The second-order valence-corrected chi connectivity index (χ2v) is 6.72. The molecule has 1 saturated heterocycles. The molecule has 0 saturated carbocycles. The van der Waals surface area contributed by atoms with Gasteiger partial charge in [0.1, 0.15) is 0 Å². The Morgan fingerprint density at radius 3 is 2.92 bits per heavy atom. The van der Waals surface area contributed by atoms with Crippen molar-refractivity contribution >= 4 is 34.5 Å². The number of hydrogen-bond acceptors (Lipinski definition) is 5. The summed E-state index contributed by atoms with van der Waals surface area (Å²) in [4.78, 5) is 9.82. The van der Waals surface area contributed by atoms with E-state index in [0.29, 0.717) is 35.4 Å². The number of nitrogens with two attached hydrogens (primary N) is 1. The number of aromatic amines is 1. The molecule has 0 amide bonds. The maximum Gasteiger partial charge on any atom is 0.265 e. The van der Waals surface area contributed by atoms with Crippen LogP contribution in [0.5, 0.6) is 0 Å². The Hall–Kier alpha value is -2.31. The maximum atomic E-state index is 9.82. The topological polar surface area (TPSA) is 88.5 Å². The third-order valence-corrected chi connectivity index (χ3v) is 4.63. The molecule has 0 bridgehead atoms. The van der Waals surface area contributed by atoms with Gasteiger partial charge in [-0.05, 0) is 18.6 Å². The highest BCUT2D eigenvalue weighted by Gasteiger charge is 2.30. The van der Waals surface area contributed by atoms with Crippen LogP contribution in [0.2, 0.25) is 5.02 Å². The molecular formula is C18H23ClN5O+. The van der Waals surface area contributed by atoms with E-state index in [9.17, 15) is 5.11 Å². The fraction of sp³-hybridized carbons (Fsp3) is 0.333. The monoisotopic (exact) mass is 360 g/mol. The van der Waals surface area contributed by atoms with Gasteiger partial charge in [0.15, 0.2) is 5.69 Å². The molecular weight excluding hydrogens is 338 g/mol.